The standard InChI is InChI=1S/C21H16ClF4N3O2/c1-9-14(8-28-18(17(9)22)19(30)21(24,25)26)11-3-2-10-5-16(27-7-12(10)4-11)29-20(31)13-6-15(13)23/h2-5,7-8,13,15,19,30H,6H2,1H3,(H,27,29,31)/t13?,15?,19-/m0/s1. The minimum Gasteiger partial charge on any atom is -0.378 e. The van der Waals surface area contributed by atoms with Crippen LogP contribution < -0.4 is 5.32 Å². The minimum atomic E-state index is -4.88. The van der Waals surface area contributed by atoms with Crippen molar-refractivity contribution in [2.75, 3.05) is 5.32 Å². The Bertz CT molecular complexity index is 1190. The van der Waals surface area contributed by atoms with E-state index in [1.807, 2.05) is 0 Å². The van der Waals surface area contributed by atoms with E-state index in [4.69, 9.17) is 11.6 Å². The van der Waals surface area contributed by atoms with Crippen molar-refractivity contribution in [3.63, 3.8) is 0 Å². The molecule has 31 heavy (non-hydrogen) atoms. The van der Waals surface area contributed by atoms with E-state index < -0.39 is 36.0 Å². The van der Waals surface area contributed by atoms with Gasteiger partial charge in [0, 0.05) is 23.3 Å². The fourth-order valence-electron chi connectivity index (χ4n) is 3.27. The van der Waals surface area contributed by atoms with E-state index in [-0.39, 0.29) is 11.4 Å². The third kappa shape index (κ3) is 4.20. The first-order valence-corrected chi connectivity index (χ1v) is 9.69. The van der Waals surface area contributed by atoms with Gasteiger partial charge in [0.15, 0.2) is 6.10 Å². The van der Waals surface area contributed by atoms with E-state index in [0.29, 0.717) is 27.9 Å². The second kappa shape index (κ2) is 7.72. The number of hydrogen-bond donors (Lipinski definition) is 2. The van der Waals surface area contributed by atoms with Gasteiger partial charge in [-0.25, -0.2) is 9.37 Å². The summed E-state index contributed by atoms with van der Waals surface area (Å²) in [4.78, 5) is 19.8. The number of amides is 1. The quantitative estimate of drug-likeness (QED) is 0.536. The number of anilines is 1. The van der Waals surface area contributed by atoms with Crippen LogP contribution in [0.4, 0.5) is 23.4 Å². The van der Waals surface area contributed by atoms with E-state index in [9.17, 15) is 27.5 Å². The Balaban J connectivity index is 1.63. The molecule has 0 bridgehead atoms. The molecule has 3 aromatic rings. The zero-order chi connectivity index (χ0) is 22.5. The predicted octanol–water partition coefficient (Wildman–Crippen LogP) is 5.15. The summed E-state index contributed by atoms with van der Waals surface area (Å²) in [7, 11) is 0. The predicted molar refractivity (Wildman–Crippen MR) is 107 cm³/mol. The first-order chi connectivity index (χ1) is 14.6. The number of nitrogens with zero attached hydrogens (tertiary/aromatic N) is 2. The maximum absolute atomic E-state index is 13.0. The maximum atomic E-state index is 13.0. The normalized spacial score (nSPS) is 19.3. The molecular formula is C21H16ClF4N3O2. The van der Waals surface area contributed by atoms with Gasteiger partial charge in [0.2, 0.25) is 5.91 Å². The van der Waals surface area contributed by atoms with Crippen molar-refractivity contribution in [1.82, 2.24) is 9.97 Å². The third-order valence-electron chi connectivity index (χ3n) is 5.19. The Morgan fingerprint density at radius 3 is 2.58 bits per heavy atom. The van der Waals surface area contributed by atoms with E-state index in [1.54, 1.807) is 31.2 Å². The van der Waals surface area contributed by atoms with Crippen molar-refractivity contribution in [3.05, 3.63) is 52.9 Å². The van der Waals surface area contributed by atoms with Crippen molar-refractivity contribution in [1.29, 1.82) is 0 Å². The zero-order valence-corrected chi connectivity index (χ0v) is 16.8. The van der Waals surface area contributed by atoms with Crippen LogP contribution in [0, 0.1) is 12.8 Å². The van der Waals surface area contributed by atoms with Crippen molar-refractivity contribution in [2.45, 2.75) is 31.8 Å². The summed E-state index contributed by atoms with van der Waals surface area (Å²) < 4.78 is 51.5. The van der Waals surface area contributed by atoms with Crippen molar-refractivity contribution >= 4 is 34.1 Å². The summed E-state index contributed by atoms with van der Waals surface area (Å²) in [5.41, 5.74) is 0.843. The molecule has 4 rings (SSSR count). The van der Waals surface area contributed by atoms with E-state index >= 15 is 0 Å². The average molecular weight is 454 g/mol. The summed E-state index contributed by atoms with van der Waals surface area (Å²) in [5, 5.41) is 13.3. The largest absolute Gasteiger partial charge is 0.420 e. The van der Waals surface area contributed by atoms with Crippen molar-refractivity contribution < 1.29 is 27.5 Å². The molecule has 2 unspecified atom stereocenters. The van der Waals surface area contributed by atoms with Gasteiger partial charge in [-0.05, 0) is 42.0 Å². The van der Waals surface area contributed by atoms with Crippen LogP contribution in [0.2, 0.25) is 5.02 Å². The fraction of sp³-hybridized carbons (Fsp3) is 0.286. The van der Waals surface area contributed by atoms with E-state index in [2.05, 4.69) is 15.3 Å². The van der Waals surface area contributed by atoms with Crippen LogP contribution in [-0.2, 0) is 4.79 Å². The molecule has 162 valence electrons. The van der Waals surface area contributed by atoms with Crippen LogP contribution >= 0.6 is 11.6 Å². The molecule has 0 radical (unpaired) electrons. The number of aliphatic hydroxyl groups is 1. The summed E-state index contributed by atoms with van der Waals surface area (Å²) in [6, 6.07) is 6.88. The smallest absolute Gasteiger partial charge is 0.378 e. The molecule has 3 atom stereocenters. The van der Waals surface area contributed by atoms with E-state index in [1.165, 1.54) is 12.4 Å². The molecule has 2 heterocycles. The highest BCUT2D eigenvalue weighted by Gasteiger charge is 2.44. The molecule has 1 aliphatic rings. The molecule has 0 saturated heterocycles. The highest BCUT2D eigenvalue weighted by atomic mass is 35.5. The van der Waals surface area contributed by atoms with Gasteiger partial charge in [0.25, 0.3) is 0 Å². The number of aromatic nitrogens is 2. The minimum absolute atomic E-state index is 0.220. The molecule has 5 nitrogen and oxygen atoms in total. The van der Waals surface area contributed by atoms with Crippen LogP contribution in [0.3, 0.4) is 0 Å². The molecule has 1 fully saturated rings. The van der Waals surface area contributed by atoms with Crippen LogP contribution in [0.15, 0.2) is 36.7 Å². The second-order valence-corrected chi connectivity index (χ2v) is 7.80. The fourth-order valence-corrected chi connectivity index (χ4v) is 3.52. The number of carbonyl (C=O) groups is 1. The van der Waals surface area contributed by atoms with Gasteiger partial charge in [-0.2, -0.15) is 13.2 Å². The summed E-state index contributed by atoms with van der Waals surface area (Å²) in [5.74, 6) is -0.733. The molecule has 10 heteroatoms. The Morgan fingerprint density at radius 1 is 1.23 bits per heavy atom. The average Bonchev–Trinajstić information content (AvgIpc) is 3.45. The second-order valence-electron chi connectivity index (χ2n) is 7.42. The number of pyridine rings is 2. The monoisotopic (exact) mass is 453 g/mol. The molecule has 2 aromatic heterocycles. The Hall–Kier alpha value is -2.78. The van der Waals surface area contributed by atoms with Crippen LogP contribution in [0.1, 0.15) is 23.8 Å². The molecule has 2 N–H and O–H groups in total. The third-order valence-corrected chi connectivity index (χ3v) is 5.67. The molecule has 0 aliphatic heterocycles. The van der Waals surface area contributed by atoms with Gasteiger partial charge in [-0.15, -0.1) is 0 Å². The molecule has 1 saturated carbocycles. The van der Waals surface area contributed by atoms with Gasteiger partial charge < -0.3 is 10.4 Å². The topological polar surface area (TPSA) is 75.1 Å². The maximum Gasteiger partial charge on any atom is 0.420 e. The van der Waals surface area contributed by atoms with Crippen LogP contribution in [0.25, 0.3) is 21.9 Å². The number of halogens is 5. The number of carbonyl (C=O) groups excluding carboxylic acids is 1. The Labute approximate surface area is 179 Å². The number of rotatable bonds is 4. The van der Waals surface area contributed by atoms with Crippen molar-refractivity contribution in [2.24, 2.45) is 5.92 Å². The van der Waals surface area contributed by atoms with Gasteiger partial charge in [0.05, 0.1) is 16.6 Å². The van der Waals surface area contributed by atoms with Gasteiger partial charge in [0.1, 0.15) is 12.0 Å². The molecule has 1 amide bonds. The number of benzene rings is 1. The lowest BCUT2D eigenvalue weighted by atomic mass is 9.99. The SMILES string of the molecule is Cc1c(-c2ccc3cc(NC(=O)C4CC4F)ncc3c2)cnc([C@H](O)C(F)(F)F)c1Cl. The molecular weight excluding hydrogens is 438 g/mol. The van der Waals surface area contributed by atoms with Gasteiger partial charge >= 0.3 is 6.18 Å². The number of fused-ring (bicyclic) bond motifs is 1. The number of nitrogens with one attached hydrogen (secondary N) is 1. The lowest BCUT2D eigenvalue weighted by molar-refractivity contribution is -0.207. The van der Waals surface area contributed by atoms with Crippen LogP contribution in [-0.4, -0.2) is 33.3 Å². The lowest BCUT2D eigenvalue weighted by Crippen LogP contribution is -2.22. The molecule has 1 aliphatic carbocycles. The first-order valence-electron chi connectivity index (χ1n) is 9.31. The molecule has 1 aromatic carbocycles. The lowest BCUT2D eigenvalue weighted by Gasteiger charge is -2.18. The van der Waals surface area contributed by atoms with Gasteiger partial charge in [-0.1, -0.05) is 23.7 Å². The summed E-state index contributed by atoms with van der Waals surface area (Å²) in [6.45, 7) is 1.54. The van der Waals surface area contributed by atoms with Crippen molar-refractivity contribution in [3.8, 4) is 11.1 Å². The van der Waals surface area contributed by atoms with Gasteiger partial charge in [-0.3, -0.25) is 9.78 Å². The number of hydrogen-bond acceptors (Lipinski definition) is 4. The van der Waals surface area contributed by atoms with Crippen LogP contribution in [0.5, 0.6) is 0 Å². The number of aliphatic hydroxyl groups excluding tert-OH is 1. The Morgan fingerprint density at radius 2 is 1.94 bits per heavy atom. The number of alkyl halides is 4. The summed E-state index contributed by atoms with van der Waals surface area (Å²) in [6.07, 6.45) is -5.77. The molecule has 0 spiro atoms. The highest BCUT2D eigenvalue weighted by molar-refractivity contribution is 6.32. The highest BCUT2D eigenvalue weighted by Crippen LogP contribution is 2.39. The summed E-state index contributed by atoms with van der Waals surface area (Å²) >= 11 is 6.08. The van der Waals surface area contributed by atoms with E-state index in [0.717, 1.165) is 5.39 Å². The Kier molecular flexibility index (Phi) is 5.35. The first kappa shape index (κ1) is 21.5. The zero-order valence-electron chi connectivity index (χ0n) is 16.0.